The molecule has 0 amide bonds. The average molecular weight is 295 g/mol. The highest BCUT2D eigenvalue weighted by Gasteiger charge is 2.06. The molecule has 0 aliphatic carbocycles. The van der Waals surface area contributed by atoms with Gasteiger partial charge in [0.25, 0.3) is 0 Å². The molecule has 0 saturated carbocycles. The van der Waals surface area contributed by atoms with Crippen molar-refractivity contribution in [2.24, 2.45) is 0 Å². The van der Waals surface area contributed by atoms with Crippen LogP contribution in [0.2, 0.25) is 5.02 Å². The number of nitrogens with one attached hydrogen (secondary N) is 1. The van der Waals surface area contributed by atoms with E-state index >= 15 is 0 Å². The number of pyridine rings is 1. The van der Waals surface area contributed by atoms with E-state index in [-0.39, 0.29) is 5.02 Å². The molecular weight excluding hydrogens is 279 g/mol. The Labute approximate surface area is 122 Å². The SMILES string of the molecule is CCCNCc1cccc(Oc2ccc(F)cc2Cl)n1. The summed E-state index contributed by atoms with van der Waals surface area (Å²) in [6.45, 7) is 3.73. The first-order chi connectivity index (χ1) is 9.69. The summed E-state index contributed by atoms with van der Waals surface area (Å²) in [5, 5.41) is 3.49. The maximum absolute atomic E-state index is 13.0. The Kier molecular flexibility index (Phi) is 5.32. The summed E-state index contributed by atoms with van der Waals surface area (Å²) in [7, 11) is 0. The van der Waals surface area contributed by atoms with Gasteiger partial charge < -0.3 is 10.1 Å². The summed E-state index contributed by atoms with van der Waals surface area (Å²) < 4.78 is 18.5. The lowest BCUT2D eigenvalue weighted by Gasteiger charge is -2.08. The maximum Gasteiger partial charge on any atom is 0.219 e. The quantitative estimate of drug-likeness (QED) is 0.812. The Hall–Kier alpha value is -1.65. The minimum absolute atomic E-state index is 0.223. The number of hydrogen-bond donors (Lipinski definition) is 1. The van der Waals surface area contributed by atoms with Crippen molar-refractivity contribution in [3.8, 4) is 11.6 Å². The monoisotopic (exact) mass is 294 g/mol. The van der Waals surface area contributed by atoms with Gasteiger partial charge in [-0.05, 0) is 37.2 Å². The molecule has 0 fully saturated rings. The van der Waals surface area contributed by atoms with Crippen LogP contribution in [0.3, 0.4) is 0 Å². The zero-order chi connectivity index (χ0) is 14.4. The van der Waals surface area contributed by atoms with Gasteiger partial charge in [0, 0.05) is 12.6 Å². The van der Waals surface area contributed by atoms with E-state index in [2.05, 4.69) is 17.2 Å². The summed E-state index contributed by atoms with van der Waals surface area (Å²) in [6, 6.07) is 9.52. The Balaban J connectivity index is 2.07. The number of benzene rings is 1. The number of halogens is 2. The van der Waals surface area contributed by atoms with E-state index in [9.17, 15) is 4.39 Å². The predicted octanol–water partition coefficient (Wildman–Crippen LogP) is 4.17. The first-order valence-electron chi connectivity index (χ1n) is 6.48. The van der Waals surface area contributed by atoms with Crippen molar-refractivity contribution in [3.05, 3.63) is 52.9 Å². The molecule has 0 unspecified atom stereocenters. The van der Waals surface area contributed by atoms with E-state index in [0.29, 0.717) is 18.2 Å². The van der Waals surface area contributed by atoms with E-state index in [1.807, 2.05) is 12.1 Å². The van der Waals surface area contributed by atoms with Crippen LogP contribution in [0.25, 0.3) is 0 Å². The van der Waals surface area contributed by atoms with Gasteiger partial charge in [0.1, 0.15) is 11.6 Å². The topological polar surface area (TPSA) is 34.1 Å². The molecule has 1 aromatic carbocycles. The van der Waals surface area contributed by atoms with Crippen molar-refractivity contribution in [1.29, 1.82) is 0 Å². The van der Waals surface area contributed by atoms with Gasteiger partial charge in [0.2, 0.25) is 5.88 Å². The fraction of sp³-hybridized carbons (Fsp3) is 0.267. The highest BCUT2D eigenvalue weighted by molar-refractivity contribution is 6.32. The van der Waals surface area contributed by atoms with Gasteiger partial charge in [-0.15, -0.1) is 0 Å². The molecule has 0 saturated heterocycles. The van der Waals surface area contributed by atoms with Gasteiger partial charge in [0.15, 0.2) is 0 Å². The lowest BCUT2D eigenvalue weighted by Crippen LogP contribution is -2.14. The number of rotatable bonds is 6. The molecule has 1 heterocycles. The Bertz CT molecular complexity index is 578. The molecule has 5 heteroatoms. The van der Waals surface area contributed by atoms with Crippen molar-refractivity contribution in [1.82, 2.24) is 10.3 Å². The number of hydrogen-bond acceptors (Lipinski definition) is 3. The van der Waals surface area contributed by atoms with E-state index in [0.717, 1.165) is 18.7 Å². The molecule has 0 bridgehead atoms. The summed E-state index contributed by atoms with van der Waals surface area (Å²) in [5.41, 5.74) is 0.884. The molecule has 1 aromatic heterocycles. The van der Waals surface area contributed by atoms with Crippen LogP contribution >= 0.6 is 11.6 Å². The second-order valence-corrected chi connectivity index (χ2v) is 4.73. The minimum Gasteiger partial charge on any atom is -0.437 e. The first-order valence-corrected chi connectivity index (χ1v) is 6.86. The largest absolute Gasteiger partial charge is 0.437 e. The van der Waals surface area contributed by atoms with Gasteiger partial charge in [-0.2, -0.15) is 0 Å². The summed E-state index contributed by atoms with van der Waals surface area (Å²) in [4.78, 5) is 4.37. The third kappa shape index (κ3) is 4.18. The third-order valence-corrected chi connectivity index (χ3v) is 2.92. The van der Waals surface area contributed by atoms with Gasteiger partial charge in [-0.3, -0.25) is 0 Å². The van der Waals surface area contributed by atoms with Gasteiger partial charge in [-0.1, -0.05) is 24.6 Å². The molecule has 0 radical (unpaired) electrons. The summed E-state index contributed by atoms with van der Waals surface area (Å²) >= 11 is 5.92. The van der Waals surface area contributed by atoms with Crippen LogP contribution in [0.15, 0.2) is 36.4 Å². The molecule has 2 aromatic rings. The molecular formula is C15H16ClFN2O. The number of ether oxygens (including phenoxy) is 1. The third-order valence-electron chi connectivity index (χ3n) is 2.62. The lowest BCUT2D eigenvalue weighted by atomic mass is 10.3. The summed E-state index contributed by atoms with van der Waals surface area (Å²) in [5.74, 6) is 0.432. The van der Waals surface area contributed by atoms with Crippen LogP contribution in [0.4, 0.5) is 4.39 Å². The fourth-order valence-electron chi connectivity index (χ4n) is 1.68. The summed E-state index contributed by atoms with van der Waals surface area (Å²) in [6.07, 6.45) is 1.07. The molecule has 1 N–H and O–H groups in total. The molecule has 20 heavy (non-hydrogen) atoms. The molecule has 3 nitrogen and oxygen atoms in total. The zero-order valence-electron chi connectivity index (χ0n) is 11.2. The van der Waals surface area contributed by atoms with Crippen LogP contribution in [0, 0.1) is 5.82 Å². The number of nitrogens with zero attached hydrogens (tertiary/aromatic N) is 1. The van der Waals surface area contributed by atoms with Gasteiger partial charge in [-0.25, -0.2) is 9.37 Å². The van der Waals surface area contributed by atoms with Crippen molar-refractivity contribution >= 4 is 11.6 Å². The van der Waals surface area contributed by atoms with E-state index in [1.165, 1.54) is 18.2 Å². The van der Waals surface area contributed by atoms with E-state index < -0.39 is 5.82 Å². The van der Waals surface area contributed by atoms with Crippen LogP contribution < -0.4 is 10.1 Å². The Morgan fingerprint density at radius 1 is 1.30 bits per heavy atom. The van der Waals surface area contributed by atoms with E-state index in [4.69, 9.17) is 16.3 Å². The Morgan fingerprint density at radius 2 is 2.15 bits per heavy atom. The fourth-order valence-corrected chi connectivity index (χ4v) is 1.88. The normalized spacial score (nSPS) is 10.6. The second kappa shape index (κ2) is 7.22. The lowest BCUT2D eigenvalue weighted by molar-refractivity contribution is 0.458. The molecule has 0 aliphatic rings. The van der Waals surface area contributed by atoms with Gasteiger partial charge >= 0.3 is 0 Å². The standard InChI is InChI=1S/C15H16ClFN2O/c1-2-8-18-10-12-4-3-5-15(19-12)20-14-7-6-11(17)9-13(14)16/h3-7,9,18H,2,8,10H2,1H3. The van der Waals surface area contributed by atoms with Crippen LogP contribution in [-0.2, 0) is 6.54 Å². The number of aromatic nitrogens is 1. The van der Waals surface area contributed by atoms with Crippen LogP contribution in [0.1, 0.15) is 19.0 Å². The zero-order valence-corrected chi connectivity index (χ0v) is 12.0. The second-order valence-electron chi connectivity index (χ2n) is 4.32. The predicted molar refractivity (Wildman–Crippen MR) is 77.7 cm³/mol. The highest BCUT2D eigenvalue weighted by Crippen LogP contribution is 2.28. The smallest absolute Gasteiger partial charge is 0.219 e. The first kappa shape index (κ1) is 14.8. The molecule has 2 rings (SSSR count). The van der Waals surface area contributed by atoms with E-state index in [1.54, 1.807) is 6.07 Å². The van der Waals surface area contributed by atoms with Crippen molar-refractivity contribution in [3.63, 3.8) is 0 Å². The van der Waals surface area contributed by atoms with Crippen molar-refractivity contribution in [2.75, 3.05) is 6.54 Å². The maximum atomic E-state index is 13.0. The van der Waals surface area contributed by atoms with Crippen LogP contribution in [-0.4, -0.2) is 11.5 Å². The molecule has 0 aliphatic heterocycles. The van der Waals surface area contributed by atoms with Crippen molar-refractivity contribution in [2.45, 2.75) is 19.9 Å². The minimum atomic E-state index is -0.396. The average Bonchev–Trinajstić information content (AvgIpc) is 2.43. The molecule has 0 atom stereocenters. The van der Waals surface area contributed by atoms with Crippen LogP contribution in [0.5, 0.6) is 11.6 Å². The van der Waals surface area contributed by atoms with Gasteiger partial charge in [0.05, 0.1) is 10.7 Å². The van der Waals surface area contributed by atoms with Crippen molar-refractivity contribution < 1.29 is 9.13 Å². The highest BCUT2D eigenvalue weighted by atomic mass is 35.5. The molecule has 0 spiro atoms. The molecule has 106 valence electrons. The Morgan fingerprint density at radius 3 is 2.90 bits per heavy atom.